The summed E-state index contributed by atoms with van der Waals surface area (Å²) in [6, 6.07) is 2.95. The summed E-state index contributed by atoms with van der Waals surface area (Å²) >= 11 is 2.51. The number of carboxylic acids is 1. The molecule has 0 radical (unpaired) electrons. The van der Waals surface area contributed by atoms with Crippen molar-refractivity contribution in [2.45, 2.75) is 20.4 Å². The molecule has 5 nitrogen and oxygen atoms in total. The van der Waals surface area contributed by atoms with Gasteiger partial charge in [-0.1, -0.05) is 0 Å². The summed E-state index contributed by atoms with van der Waals surface area (Å²) in [5.41, 5.74) is 0.971. The summed E-state index contributed by atoms with van der Waals surface area (Å²) < 4.78 is 0. The number of aryl methyl sites for hydroxylation is 2. The number of rotatable bonds is 4. The number of hydrogen-bond donors (Lipinski definition) is 2. The maximum atomic E-state index is 11.8. The first-order chi connectivity index (χ1) is 8.97. The number of nitrogens with one attached hydrogen (secondary N) is 1. The van der Waals surface area contributed by atoms with Crippen LogP contribution < -0.4 is 5.32 Å². The minimum Gasteiger partial charge on any atom is -0.477 e. The van der Waals surface area contributed by atoms with Gasteiger partial charge >= 0.3 is 5.97 Å². The average Bonchev–Trinajstić information content (AvgIpc) is 2.95. The molecule has 2 heterocycles. The topological polar surface area (TPSA) is 79.3 Å². The fourth-order valence-corrected chi connectivity index (χ4v) is 3.07. The second kappa shape index (κ2) is 5.50. The van der Waals surface area contributed by atoms with Gasteiger partial charge in [-0.3, -0.25) is 4.79 Å². The smallest absolute Gasteiger partial charge is 0.345 e. The SMILES string of the molecule is Cc1nc(CNC(=O)c2ccc(C(=O)O)s2)sc1C. The highest BCUT2D eigenvalue weighted by atomic mass is 32.1. The molecule has 1 amide bonds. The molecule has 0 atom stereocenters. The van der Waals surface area contributed by atoms with Crippen molar-refractivity contribution in [1.29, 1.82) is 0 Å². The summed E-state index contributed by atoms with van der Waals surface area (Å²) in [5, 5.41) is 12.4. The van der Waals surface area contributed by atoms with Crippen LogP contribution in [0.15, 0.2) is 12.1 Å². The molecule has 19 heavy (non-hydrogen) atoms. The van der Waals surface area contributed by atoms with E-state index in [0.717, 1.165) is 26.9 Å². The third-order valence-electron chi connectivity index (χ3n) is 2.51. The van der Waals surface area contributed by atoms with Crippen LogP contribution in [0.2, 0.25) is 0 Å². The van der Waals surface area contributed by atoms with Gasteiger partial charge in [-0.15, -0.1) is 22.7 Å². The van der Waals surface area contributed by atoms with Crippen molar-refractivity contribution < 1.29 is 14.7 Å². The molecule has 2 rings (SSSR count). The molecule has 2 aromatic heterocycles. The Morgan fingerprint density at radius 1 is 1.26 bits per heavy atom. The maximum absolute atomic E-state index is 11.8. The summed E-state index contributed by atoms with van der Waals surface area (Å²) in [7, 11) is 0. The fourth-order valence-electron chi connectivity index (χ4n) is 1.43. The minimum atomic E-state index is -1.02. The van der Waals surface area contributed by atoms with Crippen LogP contribution in [0, 0.1) is 13.8 Å². The molecule has 7 heteroatoms. The third-order valence-corrected chi connectivity index (χ3v) is 4.66. The van der Waals surface area contributed by atoms with Crippen molar-refractivity contribution in [3.05, 3.63) is 37.5 Å². The predicted molar refractivity (Wildman–Crippen MR) is 74.0 cm³/mol. The van der Waals surface area contributed by atoms with Crippen LogP contribution >= 0.6 is 22.7 Å². The van der Waals surface area contributed by atoms with Crippen molar-refractivity contribution in [3.8, 4) is 0 Å². The van der Waals surface area contributed by atoms with E-state index in [9.17, 15) is 9.59 Å². The van der Waals surface area contributed by atoms with Crippen LogP contribution in [0.4, 0.5) is 0 Å². The first-order valence-electron chi connectivity index (χ1n) is 5.51. The van der Waals surface area contributed by atoms with Gasteiger partial charge in [0.2, 0.25) is 0 Å². The van der Waals surface area contributed by atoms with E-state index >= 15 is 0 Å². The average molecular weight is 296 g/mol. The van der Waals surface area contributed by atoms with Crippen molar-refractivity contribution in [2.75, 3.05) is 0 Å². The number of amides is 1. The van der Waals surface area contributed by atoms with Crippen molar-refractivity contribution in [3.63, 3.8) is 0 Å². The molecule has 0 saturated heterocycles. The van der Waals surface area contributed by atoms with Gasteiger partial charge in [-0.25, -0.2) is 9.78 Å². The van der Waals surface area contributed by atoms with Crippen LogP contribution in [-0.4, -0.2) is 22.0 Å². The van der Waals surface area contributed by atoms with Gasteiger partial charge in [0.05, 0.1) is 17.1 Å². The van der Waals surface area contributed by atoms with E-state index in [2.05, 4.69) is 10.3 Å². The molecule has 2 aromatic rings. The maximum Gasteiger partial charge on any atom is 0.345 e. The van der Waals surface area contributed by atoms with E-state index in [1.807, 2.05) is 13.8 Å². The Bertz CT molecular complexity index is 611. The zero-order valence-corrected chi connectivity index (χ0v) is 12.0. The molecule has 0 aliphatic rings. The number of carbonyl (C=O) groups excluding carboxylic acids is 1. The highest BCUT2D eigenvalue weighted by Crippen LogP contribution is 2.18. The van der Waals surface area contributed by atoms with Gasteiger partial charge in [-0.05, 0) is 26.0 Å². The van der Waals surface area contributed by atoms with Gasteiger partial charge < -0.3 is 10.4 Å². The van der Waals surface area contributed by atoms with Gasteiger partial charge in [0.15, 0.2) is 0 Å². The molecule has 0 saturated carbocycles. The molecule has 0 aromatic carbocycles. The Balaban J connectivity index is 1.99. The number of carbonyl (C=O) groups is 2. The van der Waals surface area contributed by atoms with Crippen molar-refractivity contribution >= 4 is 34.6 Å². The van der Waals surface area contributed by atoms with Gasteiger partial charge in [-0.2, -0.15) is 0 Å². The molecule has 0 bridgehead atoms. The first kappa shape index (κ1) is 13.7. The van der Waals surface area contributed by atoms with Crippen molar-refractivity contribution in [2.24, 2.45) is 0 Å². The number of nitrogens with zero attached hydrogens (tertiary/aromatic N) is 1. The number of aromatic carboxylic acids is 1. The molecule has 0 aliphatic heterocycles. The monoisotopic (exact) mass is 296 g/mol. The highest BCUT2D eigenvalue weighted by Gasteiger charge is 2.13. The zero-order chi connectivity index (χ0) is 14.0. The van der Waals surface area contributed by atoms with Crippen molar-refractivity contribution in [1.82, 2.24) is 10.3 Å². The zero-order valence-electron chi connectivity index (χ0n) is 10.4. The molecule has 0 spiro atoms. The Hall–Kier alpha value is -1.73. The lowest BCUT2D eigenvalue weighted by Crippen LogP contribution is -2.21. The number of thiazole rings is 1. The van der Waals surface area contributed by atoms with Gasteiger partial charge in [0.1, 0.15) is 9.88 Å². The molecule has 0 aliphatic carbocycles. The van der Waals surface area contributed by atoms with E-state index < -0.39 is 5.97 Å². The van der Waals surface area contributed by atoms with Crippen LogP contribution in [0.1, 0.15) is 34.9 Å². The molecule has 0 unspecified atom stereocenters. The molecular weight excluding hydrogens is 284 g/mol. The second-order valence-corrected chi connectivity index (χ2v) is 6.27. The first-order valence-corrected chi connectivity index (χ1v) is 7.15. The lowest BCUT2D eigenvalue weighted by Gasteiger charge is -1.99. The molecular formula is C12H12N2O3S2. The summed E-state index contributed by atoms with van der Waals surface area (Å²) in [6.45, 7) is 4.27. The van der Waals surface area contributed by atoms with E-state index in [1.165, 1.54) is 12.1 Å². The van der Waals surface area contributed by atoms with E-state index in [1.54, 1.807) is 11.3 Å². The van der Waals surface area contributed by atoms with Crippen LogP contribution in [0.5, 0.6) is 0 Å². The van der Waals surface area contributed by atoms with E-state index in [0.29, 0.717) is 11.4 Å². The Morgan fingerprint density at radius 2 is 1.95 bits per heavy atom. The molecule has 2 N–H and O–H groups in total. The Kier molecular flexibility index (Phi) is 3.96. The minimum absolute atomic E-state index is 0.158. The standard InChI is InChI=1S/C12H12N2O3S2/c1-6-7(2)18-10(14-6)5-13-11(15)8-3-4-9(19-8)12(16)17/h3-4H,5H2,1-2H3,(H,13,15)(H,16,17). The molecule has 100 valence electrons. The molecule has 0 fully saturated rings. The van der Waals surface area contributed by atoms with E-state index in [4.69, 9.17) is 5.11 Å². The normalized spacial score (nSPS) is 10.4. The number of hydrogen-bond acceptors (Lipinski definition) is 5. The van der Waals surface area contributed by atoms with Gasteiger partial charge in [0, 0.05) is 4.88 Å². The van der Waals surface area contributed by atoms with Crippen LogP contribution in [0.25, 0.3) is 0 Å². The van der Waals surface area contributed by atoms with Crippen LogP contribution in [-0.2, 0) is 6.54 Å². The number of aromatic nitrogens is 1. The quantitative estimate of drug-likeness (QED) is 0.908. The fraction of sp³-hybridized carbons (Fsp3) is 0.250. The lowest BCUT2D eigenvalue weighted by atomic mass is 10.4. The Morgan fingerprint density at radius 3 is 2.47 bits per heavy atom. The number of carboxylic acid groups (broad SMARTS) is 1. The summed E-state index contributed by atoms with van der Waals surface area (Å²) in [5.74, 6) is -1.29. The second-order valence-electron chi connectivity index (χ2n) is 3.90. The third kappa shape index (κ3) is 3.18. The van der Waals surface area contributed by atoms with Gasteiger partial charge in [0.25, 0.3) is 5.91 Å². The summed E-state index contributed by atoms with van der Waals surface area (Å²) in [6.07, 6.45) is 0. The van der Waals surface area contributed by atoms with E-state index in [-0.39, 0.29) is 10.8 Å². The number of thiophene rings is 1. The highest BCUT2D eigenvalue weighted by molar-refractivity contribution is 7.15. The lowest BCUT2D eigenvalue weighted by molar-refractivity contribution is 0.0702. The largest absolute Gasteiger partial charge is 0.477 e. The predicted octanol–water partition coefficient (Wildman–Crippen LogP) is 2.45. The Labute approximate surface area is 117 Å². The summed E-state index contributed by atoms with van der Waals surface area (Å²) in [4.78, 5) is 28.6. The van der Waals surface area contributed by atoms with Crippen LogP contribution in [0.3, 0.4) is 0 Å².